The van der Waals surface area contributed by atoms with Crippen LogP contribution in [0.25, 0.3) is 0 Å². The molecule has 1 rings (SSSR count). The number of benzene rings is 1. The number of rotatable bonds is 6. The van der Waals surface area contributed by atoms with Gasteiger partial charge in [0.25, 0.3) is 5.69 Å². The Balaban J connectivity index is 2.93. The van der Waals surface area contributed by atoms with Crippen LogP contribution in [-0.4, -0.2) is 24.2 Å². The number of nitrogens with one attached hydrogen (secondary N) is 2. The van der Waals surface area contributed by atoms with Crippen molar-refractivity contribution in [1.82, 2.24) is 0 Å². The van der Waals surface area contributed by atoms with Gasteiger partial charge in [0.15, 0.2) is 0 Å². The van der Waals surface area contributed by atoms with E-state index in [1.165, 1.54) is 18.2 Å². The lowest BCUT2D eigenvalue weighted by Crippen LogP contribution is -2.13. The van der Waals surface area contributed by atoms with Crippen molar-refractivity contribution in [2.24, 2.45) is 0 Å². The van der Waals surface area contributed by atoms with Gasteiger partial charge in [0.2, 0.25) is 0 Å². The van der Waals surface area contributed by atoms with E-state index in [1.807, 2.05) is 0 Å². The average Bonchev–Trinajstić information content (AvgIpc) is 2.36. The molecule has 102 valence electrons. The highest BCUT2D eigenvalue weighted by molar-refractivity contribution is 5.86. The second-order valence-electron chi connectivity index (χ2n) is 3.50. The van der Waals surface area contributed by atoms with E-state index < -0.39 is 11.0 Å². The molecule has 0 fully saturated rings. The van der Waals surface area contributed by atoms with E-state index in [1.54, 1.807) is 13.0 Å². The molecule has 0 aliphatic carbocycles. The van der Waals surface area contributed by atoms with Crippen LogP contribution >= 0.6 is 0 Å². The van der Waals surface area contributed by atoms with E-state index in [2.05, 4.69) is 17.2 Å². The van der Waals surface area contributed by atoms with Gasteiger partial charge >= 0.3 is 6.09 Å². The molecule has 2 N–H and O–H groups in total. The summed E-state index contributed by atoms with van der Waals surface area (Å²) in [6.45, 7) is 5.84. The van der Waals surface area contributed by atoms with Crippen molar-refractivity contribution < 1.29 is 14.5 Å². The molecule has 0 aliphatic heterocycles. The summed E-state index contributed by atoms with van der Waals surface area (Å²) >= 11 is 0. The van der Waals surface area contributed by atoms with Crippen LogP contribution in [0.5, 0.6) is 0 Å². The highest BCUT2D eigenvalue weighted by Gasteiger charge is 2.14. The quantitative estimate of drug-likeness (QED) is 0.468. The van der Waals surface area contributed by atoms with Gasteiger partial charge in [-0.05, 0) is 19.1 Å². The first-order valence-electron chi connectivity index (χ1n) is 5.65. The fraction of sp³-hybridized carbons (Fsp3) is 0.250. The molecule has 0 radical (unpaired) electrons. The first-order valence-corrected chi connectivity index (χ1v) is 5.65. The molecule has 7 nitrogen and oxygen atoms in total. The summed E-state index contributed by atoms with van der Waals surface area (Å²) in [5, 5.41) is 16.2. The minimum atomic E-state index is -0.606. The lowest BCUT2D eigenvalue weighted by atomic mass is 10.2. The van der Waals surface area contributed by atoms with Crippen LogP contribution in [0.1, 0.15) is 6.92 Å². The summed E-state index contributed by atoms with van der Waals surface area (Å²) in [5.74, 6) is 0. The molecule has 7 heteroatoms. The van der Waals surface area contributed by atoms with Gasteiger partial charge in [-0.3, -0.25) is 15.4 Å². The predicted octanol–water partition coefficient (Wildman–Crippen LogP) is 2.76. The molecule has 0 atom stereocenters. The summed E-state index contributed by atoms with van der Waals surface area (Å²) in [6.07, 6.45) is 0.973. The molecule has 0 spiro atoms. The van der Waals surface area contributed by atoms with Gasteiger partial charge in [0, 0.05) is 18.3 Å². The Morgan fingerprint density at radius 1 is 1.58 bits per heavy atom. The van der Waals surface area contributed by atoms with Crippen LogP contribution in [0.2, 0.25) is 0 Å². The average molecular weight is 265 g/mol. The number of nitro groups is 1. The van der Waals surface area contributed by atoms with Gasteiger partial charge in [0.1, 0.15) is 5.69 Å². The smallest absolute Gasteiger partial charge is 0.411 e. The number of hydrogen-bond acceptors (Lipinski definition) is 5. The maximum Gasteiger partial charge on any atom is 0.411 e. The summed E-state index contributed by atoms with van der Waals surface area (Å²) in [5.41, 5.74) is 0.645. The Labute approximate surface area is 110 Å². The third-order valence-corrected chi connectivity index (χ3v) is 2.15. The topological polar surface area (TPSA) is 93.5 Å². The Morgan fingerprint density at radius 2 is 2.32 bits per heavy atom. The Hall–Kier alpha value is -2.57. The SMILES string of the molecule is C=CCNc1cc(NC(=O)OCC)ccc1[N+](=O)[O-]. The zero-order chi connectivity index (χ0) is 14.3. The Bertz CT molecular complexity index is 488. The second kappa shape index (κ2) is 7.00. The number of ether oxygens (including phenoxy) is 1. The Morgan fingerprint density at radius 3 is 2.89 bits per heavy atom. The van der Waals surface area contributed by atoms with Gasteiger partial charge in [-0.2, -0.15) is 0 Å². The van der Waals surface area contributed by atoms with Crippen LogP contribution in [0, 0.1) is 10.1 Å². The molecule has 1 amide bonds. The van der Waals surface area contributed by atoms with E-state index >= 15 is 0 Å². The summed E-state index contributed by atoms with van der Waals surface area (Å²) in [4.78, 5) is 21.6. The molecular formula is C12H15N3O4. The highest BCUT2D eigenvalue weighted by atomic mass is 16.6. The molecule has 0 heterocycles. The standard InChI is InChI=1S/C12H15N3O4/c1-3-7-13-10-8-9(14-12(16)19-4-2)5-6-11(10)15(17)18/h3,5-6,8,13H,1,4,7H2,2H3,(H,14,16). The fourth-order valence-corrected chi connectivity index (χ4v) is 1.38. The molecule has 1 aromatic rings. The maximum absolute atomic E-state index is 11.3. The minimum Gasteiger partial charge on any atom is -0.450 e. The van der Waals surface area contributed by atoms with Crippen molar-refractivity contribution in [2.45, 2.75) is 6.92 Å². The van der Waals surface area contributed by atoms with Crippen LogP contribution in [0.3, 0.4) is 0 Å². The third kappa shape index (κ3) is 4.30. The van der Waals surface area contributed by atoms with E-state index in [9.17, 15) is 14.9 Å². The summed E-state index contributed by atoms with van der Waals surface area (Å²) < 4.78 is 4.72. The maximum atomic E-state index is 11.3. The number of amides is 1. The number of anilines is 2. The van der Waals surface area contributed by atoms with Crippen LogP contribution < -0.4 is 10.6 Å². The lowest BCUT2D eigenvalue weighted by molar-refractivity contribution is -0.383. The van der Waals surface area contributed by atoms with E-state index in [4.69, 9.17) is 4.74 Å². The molecule has 0 saturated heterocycles. The molecule has 19 heavy (non-hydrogen) atoms. The molecule has 0 aliphatic rings. The predicted molar refractivity (Wildman–Crippen MR) is 72.4 cm³/mol. The van der Waals surface area contributed by atoms with Crippen molar-refractivity contribution in [3.63, 3.8) is 0 Å². The molecule has 0 aromatic heterocycles. The monoisotopic (exact) mass is 265 g/mol. The molecular weight excluding hydrogens is 250 g/mol. The van der Waals surface area contributed by atoms with Crippen LogP contribution in [0.15, 0.2) is 30.9 Å². The number of carbonyl (C=O) groups is 1. The minimum absolute atomic E-state index is 0.0729. The van der Waals surface area contributed by atoms with Crippen molar-refractivity contribution in [2.75, 3.05) is 23.8 Å². The summed E-state index contributed by atoms with van der Waals surface area (Å²) in [6, 6.07) is 4.22. The lowest BCUT2D eigenvalue weighted by Gasteiger charge is -2.09. The van der Waals surface area contributed by atoms with Crippen molar-refractivity contribution >= 4 is 23.2 Å². The van der Waals surface area contributed by atoms with Gasteiger partial charge in [-0.1, -0.05) is 6.08 Å². The van der Waals surface area contributed by atoms with Gasteiger partial charge in [-0.25, -0.2) is 4.79 Å². The van der Waals surface area contributed by atoms with E-state index in [0.29, 0.717) is 17.9 Å². The van der Waals surface area contributed by atoms with Gasteiger partial charge in [0.05, 0.1) is 11.5 Å². The number of carbonyl (C=O) groups excluding carboxylic acids is 1. The first kappa shape index (κ1) is 14.5. The number of hydrogen-bond donors (Lipinski definition) is 2. The van der Waals surface area contributed by atoms with Crippen LogP contribution in [0.4, 0.5) is 21.9 Å². The zero-order valence-electron chi connectivity index (χ0n) is 10.5. The third-order valence-electron chi connectivity index (χ3n) is 2.15. The molecule has 0 saturated carbocycles. The zero-order valence-corrected chi connectivity index (χ0v) is 10.5. The molecule has 0 unspecified atom stereocenters. The van der Waals surface area contributed by atoms with Crippen molar-refractivity contribution in [1.29, 1.82) is 0 Å². The first-order chi connectivity index (χ1) is 9.08. The molecule has 1 aromatic carbocycles. The van der Waals surface area contributed by atoms with Crippen molar-refractivity contribution in [3.8, 4) is 0 Å². The second-order valence-corrected chi connectivity index (χ2v) is 3.50. The fourth-order valence-electron chi connectivity index (χ4n) is 1.38. The molecule has 0 bridgehead atoms. The van der Waals surface area contributed by atoms with Gasteiger partial charge < -0.3 is 10.1 Å². The number of nitrogens with zero attached hydrogens (tertiary/aromatic N) is 1. The van der Waals surface area contributed by atoms with Crippen molar-refractivity contribution in [3.05, 3.63) is 41.0 Å². The normalized spacial score (nSPS) is 9.53. The Kier molecular flexibility index (Phi) is 5.34. The highest BCUT2D eigenvalue weighted by Crippen LogP contribution is 2.27. The van der Waals surface area contributed by atoms with E-state index in [-0.39, 0.29) is 12.3 Å². The largest absolute Gasteiger partial charge is 0.450 e. The van der Waals surface area contributed by atoms with Gasteiger partial charge in [-0.15, -0.1) is 6.58 Å². The summed E-state index contributed by atoms with van der Waals surface area (Å²) in [7, 11) is 0. The number of nitro benzene ring substituents is 1. The van der Waals surface area contributed by atoms with Crippen LogP contribution in [-0.2, 0) is 4.74 Å². The van der Waals surface area contributed by atoms with E-state index in [0.717, 1.165) is 0 Å².